The Hall–Kier alpha value is -1.77. The Balaban J connectivity index is 2.00. The highest BCUT2D eigenvalue weighted by Gasteiger charge is 2.27. The van der Waals surface area contributed by atoms with Gasteiger partial charge in [0.1, 0.15) is 0 Å². The molecule has 0 radical (unpaired) electrons. The minimum absolute atomic E-state index is 0.0144. The minimum atomic E-state index is -0.0886. The van der Waals surface area contributed by atoms with Crippen molar-refractivity contribution in [3.63, 3.8) is 0 Å². The number of benzene rings is 1. The van der Waals surface area contributed by atoms with Crippen molar-refractivity contribution in [3.8, 4) is 0 Å². The maximum absolute atomic E-state index is 11.6. The first-order valence-electron chi connectivity index (χ1n) is 5.96. The molecule has 88 valence electrons. The number of para-hydroxylation sites is 1. The summed E-state index contributed by atoms with van der Waals surface area (Å²) in [4.78, 5) is 15.0. The van der Waals surface area contributed by atoms with Crippen LogP contribution in [0.5, 0.6) is 0 Å². The number of fused-ring (bicyclic) bond motifs is 3. The quantitative estimate of drug-likeness (QED) is 0.763. The van der Waals surface area contributed by atoms with E-state index in [-0.39, 0.29) is 11.9 Å². The molecule has 0 bridgehead atoms. The van der Waals surface area contributed by atoms with Crippen molar-refractivity contribution in [1.29, 1.82) is 0 Å². The number of aromatic amines is 1. The van der Waals surface area contributed by atoms with Gasteiger partial charge in [-0.1, -0.05) is 18.2 Å². The van der Waals surface area contributed by atoms with Gasteiger partial charge in [-0.3, -0.25) is 4.79 Å². The Morgan fingerprint density at radius 3 is 3.06 bits per heavy atom. The molecule has 0 fully saturated rings. The first kappa shape index (κ1) is 10.4. The van der Waals surface area contributed by atoms with Crippen LogP contribution < -0.4 is 0 Å². The van der Waals surface area contributed by atoms with Gasteiger partial charge < -0.3 is 9.72 Å². The number of ether oxygens (including phenoxy) is 1. The van der Waals surface area contributed by atoms with Gasteiger partial charge in [-0.05, 0) is 24.5 Å². The molecule has 1 aliphatic rings. The first-order valence-corrected chi connectivity index (χ1v) is 5.96. The second-order valence-corrected chi connectivity index (χ2v) is 4.59. The third kappa shape index (κ3) is 1.62. The fraction of sp³-hybridized carbons (Fsp3) is 0.357. The lowest BCUT2D eigenvalue weighted by Gasteiger charge is -2.19. The number of carbonyl (C=O) groups is 1. The number of hydrogen-bond donors (Lipinski definition) is 1. The highest BCUT2D eigenvalue weighted by atomic mass is 16.5. The van der Waals surface area contributed by atoms with Crippen molar-refractivity contribution in [2.45, 2.75) is 19.3 Å². The van der Waals surface area contributed by atoms with Crippen molar-refractivity contribution >= 4 is 16.9 Å². The second-order valence-electron chi connectivity index (χ2n) is 4.59. The number of esters is 1. The Morgan fingerprint density at radius 1 is 1.41 bits per heavy atom. The van der Waals surface area contributed by atoms with E-state index in [1.165, 1.54) is 29.3 Å². The summed E-state index contributed by atoms with van der Waals surface area (Å²) in [5.74, 6) is -0.0742. The molecule has 1 aromatic carbocycles. The van der Waals surface area contributed by atoms with E-state index in [4.69, 9.17) is 4.74 Å². The molecule has 3 nitrogen and oxygen atoms in total. The van der Waals surface area contributed by atoms with Gasteiger partial charge >= 0.3 is 5.97 Å². The van der Waals surface area contributed by atoms with Crippen LogP contribution in [0.2, 0.25) is 0 Å². The van der Waals surface area contributed by atoms with Crippen LogP contribution in [0.4, 0.5) is 0 Å². The fourth-order valence-electron chi connectivity index (χ4n) is 2.75. The number of aromatic nitrogens is 1. The molecule has 1 aromatic heterocycles. The zero-order chi connectivity index (χ0) is 11.8. The van der Waals surface area contributed by atoms with E-state index in [0.717, 1.165) is 19.3 Å². The topological polar surface area (TPSA) is 42.1 Å². The monoisotopic (exact) mass is 229 g/mol. The average Bonchev–Trinajstić information content (AvgIpc) is 2.75. The zero-order valence-electron chi connectivity index (χ0n) is 9.82. The third-order valence-corrected chi connectivity index (χ3v) is 3.63. The van der Waals surface area contributed by atoms with Gasteiger partial charge in [0.2, 0.25) is 0 Å². The van der Waals surface area contributed by atoms with E-state index < -0.39 is 0 Å². The van der Waals surface area contributed by atoms with E-state index in [0.29, 0.717) is 0 Å². The predicted molar refractivity (Wildman–Crippen MR) is 65.8 cm³/mol. The van der Waals surface area contributed by atoms with Gasteiger partial charge in [0.25, 0.3) is 0 Å². The summed E-state index contributed by atoms with van der Waals surface area (Å²) in [6.07, 6.45) is 2.62. The molecule has 0 spiro atoms. The van der Waals surface area contributed by atoms with Gasteiger partial charge in [0, 0.05) is 23.0 Å². The van der Waals surface area contributed by atoms with Crippen LogP contribution in [0, 0.1) is 5.92 Å². The van der Waals surface area contributed by atoms with Crippen LogP contribution in [0.3, 0.4) is 0 Å². The summed E-state index contributed by atoms with van der Waals surface area (Å²) in [7, 11) is 1.46. The van der Waals surface area contributed by atoms with E-state index in [2.05, 4.69) is 23.2 Å². The Bertz CT molecular complexity index is 571. The number of carbonyl (C=O) groups excluding carboxylic acids is 1. The molecule has 3 rings (SSSR count). The molecule has 1 N–H and O–H groups in total. The standard InChI is InChI=1S/C14H15NO2/c1-17-14(16)9-6-7-11-10-4-2-3-5-12(10)15-13(11)8-9/h2-5,9,15H,6-8H2,1H3/t9-/m0/s1. The number of H-pyrrole nitrogens is 1. The van der Waals surface area contributed by atoms with Crippen molar-refractivity contribution in [2.24, 2.45) is 5.92 Å². The van der Waals surface area contributed by atoms with Gasteiger partial charge in [-0.2, -0.15) is 0 Å². The van der Waals surface area contributed by atoms with Gasteiger partial charge in [-0.25, -0.2) is 0 Å². The van der Waals surface area contributed by atoms with Crippen LogP contribution in [0.1, 0.15) is 17.7 Å². The largest absolute Gasteiger partial charge is 0.469 e. The molecule has 0 unspecified atom stereocenters. The van der Waals surface area contributed by atoms with Crippen molar-refractivity contribution in [3.05, 3.63) is 35.5 Å². The summed E-state index contributed by atoms with van der Waals surface area (Å²) in [6, 6.07) is 8.31. The summed E-state index contributed by atoms with van der Waals surface area (Å²) < 4.78 is 4.83. The summed E-state index contributed by atoms with van der Waals surface area (Å²) in [5.41, 5.74) is 3.75. The van der Waals surface area contributed by atoms with Crippen molar-refractivity contribution in [2.75, 3.05) is 7.11 Å². The lowest BCUT2D eigenvalue weighted by Crippen LogP contribution is -2.23. The molecule has 0 saturated heterocycles. The molecule has 17 heavy (non-hydrogen) atoms. The molecule has 0 aliphatic heterocycles. The molecular formula is C14H15NO2. The Kier molecular flexibility index (Phi) is 2.39. The SMILES string of the molecule is COC(=O)[C@H]1CCc2c([nH]c3ccccc23)C1. The molecule has 1 aliphatic carbocycles. The van der Waals surface area contributed by atoms with Crippen LogP contribution in [-0.4, -0.2) is 18.1 Å². The van der Waals surface area contributed by atoms with Crippen LogP contribution in [-0.2, 0) is 22.4 Å². The second kappa shape index (κ2) is 3.91. The zero-order valence-corrected chi connectivity index (χ0v) is 9.82. The first-order chi connectivity index (χ1) is 8.29. The summed E-state index contributed by atoms with van der Waals surface area (Å²) >= 11 is 0. The fourth-order valence-corrected chi connectivity index (χ4v) is 2.75. The molecule has 2 aromatic rings. The van der Waals surface area contributed by atoms with Gasteiger partial charge in [0.15, 0.2) is 0 Å². The highest BCUT2D eigenvalue weighted by molar-refractivity contribution is 5.85. The summed E-state index contributed by atoms with van der Waals surface area (Å²) in [6.45, 7) is 0. The van der Waals surface area contributed by atoms with Crippen molar-refractivity contribution in [1.82, 2.24) is 4.98 Å². The Labute approximate surface area is 99.8 Å². The van der Waals surface area contributed by atoms with Crippen LogP contribution in [0.25, 0.3) is 10.9 Å². The van der Waals surface area contributed by atoms with Gasteiger partial charge in [-0.15, -0.1) is 0 Å². The lowest BCUT2D eigenvalue weighted by molar-refractivity contribution is -0.145. The van der Waals surface area contributed by atoms with Gasteiger partial charge in [0.05, 0.1) is 13.0 Å². The molecule has 0 saturated carbocycles. The van der Waals surface area contributed by atoms with Crippen LogP contribution in [0.15, 0.2) is 24.3 Å². The average molecular weight is 229 g/mol. The number of aryl methyl sites for hydroxylation is 1. The smallest absolute Gasteiger partial charge is 0.309 e. The number of nitrogens with one attached hydrogen (secondary N) is 1. The van der Waals surface area contributed by atoms with Crippen LogP contribution >= 0.6 is 0 Å². The van der Waals surface area contributed by atoms with E-state index in [1.54, 1.807) is 0 Å². The van der Waals surface area contributed by atoms with E-state index in [9.17, 15) is 4.79 Å². The number of methoxy groups -OCH3 is 1. The predicted octanol–water partition coefficient (Wildman–Crippen LogP) is 2.45. The third-order valence-electron chi connectivity index (χ3n) is 3.63. The van der Waals surface area contributed by atoms with E-state index >= 15 is 0 Å². The Morgan fingerprint density at radius 2 is 2.24 bits per heavy atom. The number of rotatable bonds is 1. The highest BCUT2D eigenvalue weighted by Crippen LogP contribution is 2.31. The minimum Gasteiger partial charge on any atom is -0.469 e. The lowest BCUT2D eigenvalue weighted by atomic mass is 9.87. The molecule has 1 atom stereocenters. The van der Waals surface area contributed by atoms with E-state index in [1.807, 2.05) is 6.07 Å². The van der Waals surface area contributed by atoms with Crippen molar-refractivity contribution < 1.29 is 9.53 Å². The molecule has 0 amide bonds. The maximum atomic E-state index is 11.6. The molecular weight excluding hydrogens is 214 g/mol. The summed E-state index contributed by atoms with van der Waals surface area (Å²) in [5, 5.41) is 1.30. The normalized spacial score (nSPS) is 19.0. The molecule has 3 heteroatoms. The number of hydrogen-bond acceptors (Lipinski definition) is 2. The maximum Gasteiger partial charge on any atom is 0.309 e. The molecule has 1 heterocycles.